The van der Waals surface area contributed by atoms with Crippen molar-refractivity contribution in [2.24, 2.45) is 0 Å². The second-order valence-electron chi connectivity index (χ2n) is 8.46. The first-order valence-electron chi connectivity index (χ1n) is 10.8. The summed E-state index contributed by atoms with van der Waals surface area (Å²) >= 11 is 0. The third-order valence-electron chi connectivity index (χ3n) is 6.77. The topological polar surface area (TPSA) is 9.23 Å². The predicted molar refractivity (Wildman–Crippen MR) is 130 cm³/mol. The minimum atomic E-state index is 0.675. The highest BCUT2D eigenvalue weighted by molar-refractivity contribution is 6.29. The van der Waals surface area contributed by atoms with Crippen LogP contribution in [0.15, 0.2) is 97.1 Å². The third-order valence-corrected chi connectivity index (χ3v) is 6.77. The molecule has 31 heavy (non-hydrogen) atoms. The molecule has 146 valence electrons. The fraction of sp³-hybridized carbons (Fsp3) is 0.0667. The zero-order valence-electron chi connectivity index (χ0n) is 17.1. The first kappa shape index (κ1) is 17.0. The summed E-state index contributed by atoms with van der Waals surface area (Å²) in [6.45, 7) is 1.36. The van der Waals surface area contributed by atoms with Gasteiger partial charge in [-0.15, -0.1) is 0 Å². The van der Waals surface area contributed by atoms with Crippen LogP contribution in [0.1, 0.15) is 11.1 Å². The molecule has 1 heteroatoms. The standard InChI is InChI=1S/C30H20O/c1-2-8-20-15-21(14-13-19(20)7-1)29-28-18-31-17-22(28)16-27-25-11-4-3-9-23(25)24-10-5-6-12-26(24)30(27)29/h1-16H,17-18H2. The second-order valence-corrected chi connectivity index (χ2v) is 8.46. The molecule has 0 fully saturated rings. The van der Waals surface area contributed by atoms with Gasteiger partial charge in [0.1, 0.15) is 0 Å². The average molecular weight is 396 g/mol. The Hall–Kier alpha value is -3.68. The largest absolute Gasteiger partial charge is 0.372 e. The molecule has 1 aliphatic heterocycles. The molecule has 0 saturated heterocycles. The number of ether oxygens (including phenoxy) is 1. The highest BCUT2D eigenvalue weighted by atomic mass is 16.5. The van der Waals surface area contributed by atoms with Crippen molar-refractivity contribution in [3.8, 4) is 11.1 Å². The van der Waals surface area contributed by atoms with Crippen LogP contribution in [-0.4, -0.2) is 0 Å². The highest BCUT2D eigenvalue weighted by Crippen LogP contribution is 2.45. The van der Waals surface area contributed by atoms with E-state index in [2.05, 4.69) is 97.1 Å². The highest BCUT2D eigenvalue weighted by Gasteiger charge is 2.22. The predicted octanol–water partition coefficient (Wildman–Crippen LogP) is 8.00. The normalized spacial score (nSPS) is 13.4. The van der Waals surface area contributed by atoms with Crippen molar-refractivity contribution < 1.29 is 4.74 Å². The van der Waals surface area contributed by atoms with Gasteiger partial charge < -0.3 is 4.74 Å². The number of hydrogen-bond acceptors (Lipinski definition) is 1. The lowest BCUT2D eigenvalue weighted by atomic mass is 9.85. The summed E-state index contributed by atoms with van der Waals surface area (Å²) in [6.07, 6.45) is 0. The van der Waals surface area contributed by atoms with Gasteiger partial charge in [-0.05, 0) is 77.5 Å². The van der Waals surface area contributed by atoms with Crippen LogP contribution in [0, 0.1) is 0 Å². The molecule has 0 N–H and O–H groups in total. The number of rotatable bonds is 1. The summed E-state index contributed by atoms with van der Waals surface area (Å²) in [4.78, 5) is 0. The van der Waals surface area contributed by atoms with Crippen LogP contribution in [0.5, 0.6) is 0 Å². The van der Waals surface area contributed by atoms with Crippen LogP contribution >= 0.6 is 0 Å². The van der Waals surface area contributed by atoms with Gasteiger partial charge in [0.25, 0.3) is 0 Å². The zero-order chi connectivity index (χ0) is 20.4. The average Bonchev–Trinajstić information content (AvgIpc) is 3.31. The van der Waals surface area contributed by atoms with Crippen molar-refractivity contribution in [1.29, 1.82) is 0 Å². The van der Waals surface area contributed by atoms with E-state index in [0.29, 0.717) is 13.2 Å². The summed E-state index contributed by atoms with van der Waals surface area (Å²) in [7, 11) is 0. The van der Waals surface area contributed by atoms with Crippen LogP contribution in [-0.2, 0) is 18.0 Å². The van der Waals surface area contributed by atoms with E-state index in [0.717, 1.165) is 0 Å². The SMILES string of the molecule is c1ccc2cc(-c3c4c(cc5c6ccccc6c6ccccc6c35)COC4)ccc2c1. The summed E-state index contributed by atoms with van der Waals surface area (Å²) in [6, 6.07) is 35.5. The lowest BCUT2D eigenvalue weighted by Gasteiger charge is -2.18. The Balaban J connectivity index is 1.73. The van der Waals surface area contributed by atoms with Crippen molar-refractivity contribution in [3.63, 3.8) is 0 Å². The van der Waals surface area contributed by atoms with E-state index in [-0.39, 0.29) is 0 Å². The van der Waals surface area contributed by atoms with Gasteiger partial charge in [-0.25, -0.2) is 0 Å². The molecule has 6 aromatic rings. The lowest BCUT2D eigenvalue weighted by Crippen LogP contribution is -1.94. The zero-order valence-corrected chi connectivity index (χ0v) is 17.1. The molecule has 0 amide bonds. The van der Waals surface area contributed by atoms with Gasteiger partial charge in [0.2, 0.25) is 0 Å². The maximum absolute atomic E-state index is 5.96. The minimum Gasteiger partial charge on any atom is -0.372 e. The molecule has 0 radical (unpaired) electrons. The summed E-state index contributed by atoms with van der Waals surface area (Å²) in [5.41, 5.74) is 5.25. The van der Waals surface area contributed by atoms with Crippen LogP contribution in [0.2, 0.25) is 0 Å². The minimum absolute atomic E-state index is 0.675. The van der Waals surface area contributed by atoms with Gasteiger partial charge in [0, 0.05) is 0 Å². The lowest BCUT2D eigenvalue weighted by molar-refractivity contribution is 0.134. The Bertz CT molecular complexity index is 1660. The van der Waals surface area contributed by atoms with E-state index in [1.165, 1.54) is 65.3 Å². The molecule has 1 aliphatic rings. The Morgan fingerprint density at radius 2 is 1.16 bits per heavy atom. The van der Waals surface area contributed by atoms with E-state index in [9.17, 15) is 0 Å². The molecule has 0 saturated carbocycles. The number of benzene rings is 6. The van der Waals surface area contributed by atoms with E-state index >= 15 is 0 Å². The first-order valence-corrected chi connectivity index (χ1v) is 10.8. The van der Waals surface area contributed by atoms with Gasteiger partial charge in [-0.2, -0.15) is 0 Å². The van der Waals surface area contributed by atoms with Gasteiger partial charge in [0.15, 0.2) is 0 Å². The van der Waals surface area contributed by atoms with Crippen molar-refractivity contribution >= 4 is 43.1 Å². The van der Waals surface area contributed by atoms with Gasteiger partial charge in [-0.3, -0.25) is 0 Å². The Morgan fingerprint density at radius 1 is 0.516 bits per heavy atom. The first-order chi connectivity index (χ1) is 15.4. The van der Waals surface area contributed by atoms with Crippen LogP contribution in [0.3, 0.4) is 0 Å². The molecule has 0 unspecified atom stereocenters. The number of fused-ring (bicyclic) bond motifs is 8. The summed E-state index contributed by atoms with van der Waals surface area (Å²) in [5, 5.41) is 10.5. The quantitative estimate of drug-likeness (QED) is 0.256. The molecule has 1 heterocycles. The maximum atomic E-state index is 5.96. The van der Waals surface area contributed by atoms with Gasteiger partial charge >= 0.3 is 0 Å². The van der Waals surface area contributed by atoms with Gasteiger partial charge in [-0.1, -0.05) is 84.9 Å². The fourth-order valence-corrected chi connectivity index (χ4v) is 5.38. The molecule has 6 aromatic carbocycles. The molecular weight excluding hydrogens is 376 g/mol. The molecule has 0 atom stereocenters. The molecule has 0 bridgehead atoms. The monoisotopic (exact) mass is 396 g/mol. The van der Waals surface area contributed by atoms with Crippen LogP contribution in [0.4, 0.5) is 0 Å². The smallest absolute Gasteiger partial charge is 0.0731 e. The summed E-state index contributed by atoms with van der Waals surface area (Å²) in [5.74, 6) is 0. The fourth-order valence-electron chi connectivity index (χ4n) is 5.38. The Labute approximate surface area is 180 Å². The molecular formula is C30H20O. The second kappa shape index (κ2) is 6.41. The van der Waals surface area contributed by atoms with Crippen molar-refractivity contribution in [1.82, 2.24) is 0 Å². The van der Waals surface area contributed by atoms with Crippen molar-refractivity contribution in [2.75, 3.05) is 0 Å². The molecule has 7 rings (SSSR count). The number of hydrogen-bond donors (Lipinski definition) is 0. The van der Waals surface area contributed by atoms with Gasteiger partial charge in [0.05, 0.1) is 13.2 Å². The molecule has 0 aromatic heterocycles. The van der Waals surface area contributed by atoms with E-state index in [1.54, 1.807) is 0 Å². The molecule has 1 nitrogen and oxygen atoms in total. The van der Waals surface area contributed by atoms with E-state index in [1.807, 2.05) is 0 Å². The third kappa shape index (κ3) is 2.41. The summed E-state index contributed by atoms with van der Waals surface area (Å²) < 4.78 is 5.96. The Kier molecular flexibility index (Phi) is 3.52. The van der Waals surface area contributed by atoms with Crippen LogP contribution < -0.4 is 0 Å². The molecule has 0 aliphatic carbocycles. The van der Waals surface area contributed by atoms with E-state index in [4.69, 9.17) is 4.74 Å². The Morgan fingerprint density at radius 3 is 1.97 bits per heavy atom. The molecule has 0 spiro atoms. The van der Waals surface area contributed by atoms with Crippen molar-refractivity contribution in [2.45, 2.75) is 13.2 Å². The van der Waals surface area contributed by atoms with Crippen LogP contribution in [0.25, 0.3) is 54.2 Å². The van der Waals surface area contributed by atoms with Crippen molar-refractivity contribution in [3.05, 3.63) is 108 Å². The van der Waals surface area contributed by atoms with E-state index < -0.39 is 0 Å². The maximum Gasteiger partial charge on any atom is 0.0731 e.